The van der Waals surface area contributed by atoms with E-state index in [1.807, 2.05) is 18.2 Å². The fourth-order valence-corrected chi connectivity index (χ4v) is 3.02. The lowest BCUT2D eigenvalue weighted by Gasteiger charge is -2.10. The number of hydrogen-bond donors (Lipinski definition) is 3. The third-order valence-corrected chi connectivity index (χ3v) is 4.26. The molecule has 1 aliphatic heterocycles. The van der Waals surface area contributed by atoms with Crippen molar-refractivity contribution >= 4 is 16.9 Å². The molecule has 0 radical (unpaired) electrons. The Balaban J connectivity index is 1.37. The Morgan fingerprint density at radius 2 is 2.17 bits per heavy atom. The van der Waals surface area contributed by atoms with Gasteiger partial charge >= 0.3 is 5.69 Å². The van der Waals surface area contributed by atoms with Gasteiger partial charge in [0.15, 0.2) is 0 Å². The Labute approximate surface area is 134 Å². The van der Waals surface area contributed by atoms with Crippen LogP contribution in [0.5, 0.6) is 0 Å². The summed E-state index contributed by atoms with van der Waals surface area (Å²) in [6.45, 7) is 1.55. The van der Waals surface area contributed by atoms with Gasteiger partial charge in [-0.05, 0) is 49.8 Å². The van der Waals surface area contributed by atoms with Crippen LogP contribution in [0.4, 0.5) is 0 Å². The summed E-state index contributed by atoms with van der Waals surface area (Å²) in [5.74, 6) is 0.0964. The summed E-state index contributed by atoms with van der Waals surface area (Å²) >= 11 is 0. The zero-order chi connectivity index (χ0) is 16.1. The summed E-state index contributed by atoms with van der Waals surface area (Å²) in [6.07, 6.45) is 5.62. The standard InChI is InChI=1S/C17H23N3O3/c21-16(18-9-8-13-4-2-10-23-13)5-1-3-12-6-7-14-15(11-12)20-17(22)19-14/h6-7,11,13H,1-5,8-10H2,(H,18,21)(H2,19,20,22). The molecule has 1 fully saturated rings. The van der Waals surface area contributed by atoms with Crippen molar-refractivity contribution in [2.75, 3.05) is 13.2 Å². The van der Waals surface area contributed by atoms with Crippen LogP contribution in [0.3, 0.4) is 0 Å². The molecule has 0 spiro atoms. The molecule has 3 N–H and O–H groups in total. The minimum atomic E-state index is -0.192. The van der Waals surface area contributed by atoms with E-state index < -0.39 is 0 Å². The van der Waals surface area contributed by atoms with Crippen LogP contribution in [0.25, 0.3) is 11.0 Å². The number of fused-ring (bicyclic) bond motifs is 1. The number of carbonyl (C=O) groups excluding carboxylic acids is 1. The third-order valence-electron chi connectivity index (χ3n) is 4.26. The van der Waals surface area contributed by atoms with E-state index in [4.69, 9.17) is 4.74 Å². The molecule has 0 saturated carbocycles. The largest absolute Gasteiger partial charge is 0.378 e. The van der Waals surface area contributed by atoms with E-state index in [1.54, 1.807) is 0 Å². The highest BCUT2D eigenvalue weighted by Gasteiger charge is 2.15. The third kappa shape index (κ3) is 4.45. The quantitative estimate of drug-likeness (QED) is 0.728. The summed E-state index contributed by atoms with van der Waals surface area (Å²) < 4.78 is 5.53. The lowest BCUT2D eigenvalue weighted by Crippen LogP contribution is -2.26. The first-order valence-electron chi connectivity index (χ1n) is 8.30. The molecule has 6 heteroatoms. The Morgan fingerprint density at radius 3 is 3.00 bits per heavy atom. The lowest BCUT2D eigenvalue weighted by atomic mass is 10.1. The molecule has 0 bridgehead atoms. The van der Waals surface area contributed by atoms with Crippen LogP contribution in [-0.2, 0) is 16.0 Å². The number of carbonyl (C=O) groups is 1. The fourth-order valence-electron chi connectivity index (χ4n) is 3.02. The number of aromatic nitrogens is 2. The zero-order valence-electron chi connectivity index (χ0n) is 13.2. The number of amides is 1. The zero-order valence-corrected chi connectivity index (χ0v) is 13.2. The molecule has 1 unspecified atom stereocenters. The maximum atomic E-state index is 11.8. The van der Waals surface area contributed by atoms with E-state index in [9.17, 15) is 9.59 Å². The predicted molar refractivity (Wildman–Crippen MR) is 88.5 cm³/mol. The van der Waals surface area contributed by atoms with Crippen molar-refractivity contribution in [1.82, 2.24) is 15.3 Å². The normalized spacial score (nSPS) is 17.7. The van der Waals surface area contributed by atoms with E-state index in [0.29, 0.717) is 19.1 Å². The second-order valence-corrected chi connectivity index (χ2v) is 6.09. The maximum Gasteiger partial charge on any atom is 0.323 e. The molecular weight excluding hydrogens is 294 g/mol. The van der Waals surface area contributed by atoms with Crippen molar-refractivity contribution in [1.29, 1.82) is 0 Å². The van der Waals surface area contributed by atoms with Crippen LogP contribution in [0.1, 0.15) is 37.7 Å². The Bertz CT molecular complexity index is 713. The van der Waals surface area contributed by atoms with Crippen LogP contribution in [0.15, 0.2) is 23.0 Å². The highest BCUT2D eigenvalue weighted by molar-refractivity contribution is 5.76. The van der Waals surface area contributed by atoms with Crippen molar-refractivity contribution < 1.29 is 9.53 Å². The summed E-state index contributed by atoms with van der Waals surface area (Å²) in [6, 6.07) is 5.84. The van der Waals surface area contributed by atoms with Gasteiger partial charge in [-0.3, -0.25) is 4.79 Å². The topological polar surface area (TPSA) is 87.0 Å². The van der Waals surface area contributed by atoms with Crippen molar-refractivity contribution in [3.8, 4) is 0 Å². The molecule has 124 valence electrons. The first-order chi connectivity index (χ1) is 11.2. The SMILES string of the molecule is O=C(CCCc1ccc2[nH]c(=O)[nH]c2c1)NCCC1CCCO1. The molecule has 2 heterocycles. The van der Waals surface area contributed by atoms with Gasteiger partial charge in [-0.1, -0.05) is 6.07 Å². The second kappa shape index (κ2) is 7.46. The predicted octanol–water partition coefficient (Wildman–Crippen LogP) is 1.86. The molecule has 2 aromatic rings. The molecule has 1 aliphatic rings. The minimum Gasteiger partial charge on any atom is -0.378 e. The molecule has 3 rings (SSSR count). The Hall–Kier alpha value is -2.08. The monoisotopic (exact) mass is 317 g/mol. The molecule has 1 saturated heterocycles. The summed E-state index contributed by atoms with van der Waals surface area (Å²) in [5.41, 5.74) is 2.56. The summed E-state index contributed by atoms with van der Waals surface area (Å²) in [4.78, 5) is 28.5. The number of benzene rings is 1. The minimum absolute atomic E-state index is 0.0964. The van der Waals surface area contributed by atoms with Crippen molar-refractivity contribution in [3.05, 3.63) is 34.2 Å². The second-order valence-electron chi connectivity index (χ2n) is 6.09. The average Bonchev–Trinajstić information content (AvgIpc) is 3.15. The highest BCUT2D eigenvalue weighted by Crippen LogP contribution is 2.14. The van der Waals surface area contributed by atoms with Gasteiger partial charge in [0.25, 0.3) is 0 Å². The number of ether oxygens (including phenoxy) is 1. The molecule has 1 amide bonds. The summed E-state index contributed by atoms with van der Waals surface area (Å²) in [7, 11) is 0. The number of nitrogens with one attached hydrogen (secondary N) is 3. The van der Waals surface area contributed by atoms with Gasteiger partial charge in [0, 0.05) is 19.6 Å². The molecule has 6 nitrogen and oxygen atoms in total. The smallest absolute Gasteiger partial charge is 0.323 e. The van der Waals surface area contributed by atoms with E-state index in [2.05, 4.69) is 15.3 Å². The van der Waals surface area contributed by atoms with Crippen LogP contribution >= 0.6 is 0 Å². The molecule has 1 aromatic heterocycles. The number of rotatable bonds is 7. The Morgan fingerprint density at radius 1 is 1.30 bits per heavy atom. The molecular formula is C17H23N3O3. The fraction of sp³-hybridized carbons (Fsp3) is 0.529. The number of imidazole rings is 1. The maximum absolute atomic E-state index is 11.8. The van der Waals surface area contributed by atoms with Crippen molar-refractivity contribution in [2.24, 2.45) is 0 Å². The van der Waals surface area contributed by atoms with E-state index in [0.717, 1.165) is 55.3 Å². The van der Waals surface area contributed by atoms with Crippen LogP contribution in [0, 0.1) is 0 Å². The first kappa shape index (κ1) is 15.8. The first-order valence-corrected chi connectivity index (χ1v) is 8.30. The molecule has 0 aliphatic carbocycles. The summed E-state index contributed by atoms with van der Waals surface area (Å²) in [5, 5.41) is 2.96. The number of H-pyrrole nitrogens is 2. The average molecular weight is 317 g/mol. The number of aromatic amines is 2. The van der Waals surface area contributed by atoms with Crippen molar-refractivity contribution in [2.45, 2.75) is 44.6 Å². The number of hydrogen-bond acceptors (Lipinski definition) is 3. The van der Waals surface area contributed by atoms with Gasteiger partial charge in [-0.2, -0.15) is 0 Å². The van der Waals surface area contributed by atoms with Gasteiger partial charge in [0.05, 0.1) is 17.1 Å². The van der Waals surface area contributed by atoms with Crippen molar-refractivity contribution in [3.63, 3.8) is 0 Å². The van der Waals surface area contributed by atoms with E-state index in [1.165, 1.54) is 0 Å². The molecule has 1 atom stereocenters. The van der Waals surface area contributed by atoms with Crippen LogP contribution < -0.4 is 11.0 Å². The van der Waals surface area contributed by atoms with Gasteiger partial charge in [-0.15, -0.1) is 0 Å². The lowest BCUT2D eigenvalue weighted by molar-refractivity contribution is -0.121. The van der Waals surface area contributed by atoms with E-state index in [-0.39, 0.29) is 11.6 Å². The highest BCUT2D eigenvalue weighted by atomic mass is 16.5. The van der Waals surface area contributed by atoms with Gasteiger partial charge in [0.2, 0.25) is 5.91 Å². The van der Waals surface area contributed by atoms with E-state index >= 15 is 0 Å². The van der Waals surface area contributed by atoms with Crippen LogP contribution in [0.2, 0.25) is 0 Å². The number of aryl methyl sites for hydroxylation is 1. The van der Waals surface area contributed by atoms with Gasteiger partial charge < -0.3 is 20.0 Å². The van der Waals surface area contributed by atoms with Crippen LogP contribution in [-0.4, -0.2) is 35.1 Å². The Kier molecular flexibility index (Phi) is 5.12. The molecule has 23 heavy (non-hydrogen) atoms. The van der Waals surface area contributed by atoms with Gasteiger partial charge in [0.1, 0.15) is 0 Å². The van der Waals surface area contributed by atoms with Gasteiger partial charge in [-0.25, -0.2) is 4.79 Å². The molecule has 1 aromatic carbocycles.